The van der Waals surface area contributed by atoms with Crippen molar-refractivity contribution in [3.63, 3.8) is 0 Å². The SMILES string of the molecule is Cc1cccc(COc2cccc(C(=O)NCc3cccc(S(=O)(=O)NC(C)C)c3)c2)c1. The highest BCUT2D eigenvalue weighted by Gasteiger charge is 2.16. The largest absolute Gasteiger partial charge is 0.489 e. The van der Waals surface area contributed by atoms with Crippen LogP contribution in [-0.4, -0.2) is 20.4 Å². The molecule has 2 N–H and O–H groups in total. The van der Waals surface area contributed by atoms with E-state index in [1.54, 1.807) is 50.2 Å². The summed E-state index contributed by atoms with van der Waals surface area (Å²) in [5.41, 5.74) is 3.38. The van der Waals surface area contributed by atoms with Gasteiger partial charge in [0.15, 0.2) is 0 Å². The number of hydrogen-bond acceptors (Lipinski definition) is 4. The lowest BCUT2D eigenvalue weighted by molar-refractivity contribution is 0.0950. The standard InChI is InChI=1S/C25H28N2O4S/c1-18(2)27-32(29,30)24-12-5-8-20(14-24)16-26-25(28)22-10-6-11-23(15-22)31-17-21-9-4-7-19(3)13-21/h4-15,18,27H,16-17H2,1-3H3,(H,26,28). The maximum Gasteiger partial charge on any atom is 0.251 e. The Kier molecular flexibility index (Phi) is 7.66. The molecule has 32 heavy (non-hydrogen) atoms. The molecule has 0 radical (unpaired) electrons. The van der Waals surface area contributed by atoms with Gasteiger partial charge in [-0.2, -0.15) is 0 Å². The highest BCUT2D eigenvalue weighted by molar-refractivity contribution is 7.89. The van der Waals surface area contributed by atoms with Gasteiger partial charge in [-0.15, -0.1) is 0 Å². The number of amides is 1. The van der Waals surface area contributed by atoms with Gasteiger partial charge in [-0.25, -0.2) is 13.1 Å². The molecule has 6 nitrogen and oxygen atoms in total. The molecule has 0 saturated heterocycles. The van der Waals surface area contributed by atoms with E-state index in [9.17, 15) is 13.2 Å². The zero-order chi connectivity index (χ0) is 23.1. The summed E-state index contributed by atoms with van der Waals surface area (Å²) < 4.78 is 33.1. The van der Waals surface area contributed by atoms with Crippen LogP contribution in [0.1, 0.15) is 40.9 Å². The van der Waals surface area contributed by atoms with Gasteiger partial charge >= 0.3 is 0 Å². The van der Waals surface area contributed by atoms with Gasteiger partial charge in [0.25, 0.3) is 5.91 Å². The van der Waals surface area contributed by atoms with Gasteiger partial charge in [0.2, 0.25) is 10.0 Å². The van der Waals surface area contributed by atoms with E-state index < -0.39 is 10.0 Å². The summed E-state index contributed by atoms with van der Waals surface area (Å²) in [4.78, 5) is 12.8. The smallest absolute Gasteiger partial charge is 0.251 e. The van der Waals surface area contributed by atoms with Crippen molar-refractivity contribution in [2.24, 2.45) is 0 Å². The molecule has 0 spiro atoms. The Morgan fingerprint density at radius 1 is 0.938 bits per heavy atom. The Labute approximate surface area is 189 Å². The van der Waals surface area contributed by atoms with Crippen molar-refractivity contribution in [1.82, 2.24) is 10.0 Å². The van der Waals surface area contributed by atoms with Gasteiger partial charge in [0.05, 0.1) is 4.90 Å². The minimum absolute atomic E-state index is 0.171. The Morgan fingerprint density at radius 2 is 1.66 bits per heavy atom. The fraction of sp³-hybridized carbons (Fsp3) is 0.240. The third-order valence-electron chi connectivity index (χ3n) is 4.64. The van der Waals surface area contributed by atoms with Gasteiger partial charge in [-0.1, -0.05) is 48.0 Å². The van der Waals surface area contributed by atoms with E-state index >= 15 is 0 Å². The molecule has 168 valence electrons. The number of carbonyl (C=O) groups excluding carboxylic acids is 1. The van der Waals surface area contributed by atoms with Crippen LogP contribution in [0.2, 0.25) is 0 Å². The fourth-order valence-electron chi connectivity index (χ4n) is 3.18. The lowest BCUT2D eigenvalue weighted by Gasteiger charge is -2.12. The molecule has 0 aliphatic heterocycles. The lowest BCUT2D eigenvalue weighted by atomic mass is 10.1. The van der Waals surface area contributed by atoms with Crippen LogP contribution in [0, 0.1) is 6.92 Å². The van der Waals surface area contributed by atoms with Crippen LogP contribution in [0.25, 0.3) is 0 Å². The average Bonchev–Trinajstić information content (AvgIpc) is 2.76. The topological polar surface area (TPSA) is 84.5 Å². The minimum atomic E-state index is -3.59. The molecule has 1 amide bonds. The first-order valence-corrected chi connectivity index (χ1v) is 11.9. The molecule has 0 saturated carbocycles. The summed E-state index contributed by atoms with van der Waals surface area (Å²) in [6.07, 6.45) is 0. The van der Waals surface area contributed by atoms with Gasteiger partial charge < -0.3 is 10.1 Å². The summed E-state index contributed by atoms with van der Waals surface area (Å²) in [6.45, 7) is 6.18. The Balaban J connectivity index is 1.62. The van der Waals surface area contributed by atoms with Gasteiger partial charge in [-0.3, -0.25) is 4.79 Å². The van der Waals surface area contributed by atoms with Crippen molar-refractivity contribution in [3.05, 3.63) is 95.1 Å². The van der Waals surface area contributed by atoms with Crippen LogP contribution < -0.4 is 14.8 Å². The van der Waals surface area contributed by atoms with E-state index in [1.807, 2.05) is 31.2 Å². The van der Waals surface area contributed by atoms with E-state index in [0.717, 1.165) is 11.1 Å². The van der Waals surface area contributed by atoms with E-state index in [1.165, 1.54) is 6.07 Å². The second-order valence-electron chi connectivity index (χ2n) is 7.91. The third kappa shape index (κ3) is 6.67. The quantitative estimate of drug-likeness (QED) is 0.510. The zero-order valence-electron chi connectivity index (χ0n) is 18.5. The second-order valence-corrected chi connectivity index (χ2v) is 9.63. The van der Waals surface area contributed by atoms with Crippen LogP contribution in [0.15, 0.2) is 77.7 Å². The van der Waals surface area contributed by atoms with Gasteiger partial charge in [-0.05, 0) is 62.2 Å². The number of sulfonamides is 1. The fourth-order valence-corrected chi connectivity index (χ4v) is 4.50. The van der Waals surface area contributed by atoms with Crippen LogP contribution >= 0.6 is 0 Å². The summed E-state index contributed by atoms with van der Waals surface area (Å²) in [7, 11) is -3.59. The van der Waals surface area contributed by atoms with Crippen molar-refractivity contribution in [2.75, 3.05) is 0 Å². The number of benzene rings is 3. The molecule has 3 aromatic rings. The van der Waals surface area contributed by atoms with Crippen molar-refractivity contribution < 1.29 is 17.9 Å². The molecule has 7 heteroatoms. The first-order chi connectivity index (χ1) is 15.2. The maximum atomic E-state index is 12.6. The number of ether oxygens (including phenoxy) is 1. The molecule has 0 heterocycles. The summed E-state index contributed by atoms with van der Waals surface area (Å²) in [5.74, 6) is 0.339. The van der Waals surface area contributed by atoms with Crippen LogP contribution in [0.4, 0.5) is 0 Å². The molecule has 3 aromatic carbocycles. The summed E-state index contributed by atoms with van der Waals surface area (Å²) >= 11 is 0. The third-order valence-corrected chi connectivity index (χ3v) is 6.29. The molecule has 0 fully saturated rings. The Hall–Kier alpha value is -3.16. The van der Waals surface area contributed by atoms with Gasteiger partial charge in [0.1, 0.15) is 12.4 Å². The number of hydrogen-bond donors (Lipinski definition) is 2. The second kappa shape index (κ2) is 10.4. The Morgan fingerprint density at radius 3 is 2.41 bits per heavy atom. The minimum Gasteiger partial charge on any atom is -0.489 e. The molecule has 0 unspecified atom stereocenters. The predicted molar refractivity (Wildman–Crippen MR) is 125 cm³/mol. The monoisotopic (exact) mass is 452 g/mol. The first kappa shape index (κ1) is 23.5. The highest BCUT2D eigenvalue weighted by atomic mass is 32.2. The van der Waals surface area contributed by atoms with E-state index in [2.05, 4.69) is 16.1 Å². The number of aryl methyl sites for hydroxylation is 1. The molecule has 0 aliphatic carbocycles. The number of rotatable bonds is 9. The molecular weight excluding hydrogens is 424 g/mol. The molecule has 0 atom stereocenters. The summed E-state index contributed by atoms with van der Waals surface area (Å²) in [5, 5.41) is 2.83. The Bertz CT molecular complexity index is 1190. The normalized spacial score (nSPS) is 11.4. The summed E-state index contributed by atoms with van der Waals surface area (Å²) in [6, 6.07) is 21.4. The van der Waals surface area contributed by atoms with Crippen molar-refractivity contribution in [3.8, 4) is 5.75 Å². The number of carbonyl (C=O) groups is 1. The van der Waals surface area contributed by atoms with E-state index in [4.69, 9.17) is 4.74 Å². The molecule has 0 aromatic heterocycles. The van der Waals surface area contributed by atoms with Crippen molar-refractivity contribution in [2.45, 2.75) is 44.9 Å². The van der Waals surface area contributed by atoms with Crippen LogP contribution in [0.5, 0.6) is 5.75 Å². The highest BCUT2D eigenvalue weighted by Crippen LogP contribution is 2.17. The zero-order valence-corrected chi connectivity index (χ0v) is 19.3. The lowest BCUT2D eigenvalue weighted by Crippen LogP contribution is -2.30. The van der Waals surface area contributed by atoms with Crippen LogP contribution in [-0.2, 0) is 23.2 Å². The first-order valence-electron chi connectivity index (χ1n) is 10.4. The number of nitrogens with one attached hydrogen (secondary N) is 2. The van der Waals surface area contributed by atoms with Crippen LogP contribution in [0.3, 0.4) is 0 Å². The molecular formula is C25H28N2O4S. The average molecular weight is 453 g/mol. The maximum absolute atomic E-state index is 12.6. The molecule has 0 bridgehead atoms. The van der Waals surface area contributed by atoms with E-state index in [-0.39, 0.29) is 23.4 Å². The van der Waals surface area contributed by atoms with Gasteiger partial charge in [0, 0.05) is 18.2 Å². The van der Waals surface area contributed by atoms with Crippen molar-refractivity contribution >= 4 is 15.9 Å². The molecule has 3 rings (SSSR count). The predicted octanol–water partition coefficient (Wildman–Crippen LogP) is 4.19. The molecule has 0 aliphatic rings. The van der Waals surface area contributed by atoms with E-state index in [0.29, 0.717) is 23.5 Å². The van der Waals surface area contributed by atoms with Crippen molar-refractivity contribution in [1.29, 1.82) is 0 Å².